The summed E-state index contributed by atoms with van der Waals surface area (Å²) in [7, 11) is 0. The molecule has 0 radical (unpaired) electrons. The molecule has 0 amide bonds. The topological polar surface area (TPSA) is 26.3 Å². The Bertz CT molecular complexity index is 738. The molecule has 0 spiro atoms. The van der Waals surface area contributed by atoms with Gasteiger partial charge < -0.3 is 4.74 Å². The summed E-state index contributed by atoms with van der Waals surface area (Å²) in [5.41, 5.74) is 7.89. The molecule has 0 heterocycles. The molecule has 2 heteroatoms. The Balaban J connectivity index is 2.52. The Hall–Kier alpha value is -2.35. The highest BCUT2D eigenvalue weighted by Gasteiger charge is 2.26. The second kappa shape index (κ2) is 8.35. The van der Waals surface area contributed by atoms with E-state index in [1.165, 1.54) is 33.4 Å². The lowest BCUT2D eigenvalue weighted by Crippen LogP contribution is -2.24. The van der Waals surface area contributed by atoms with Gasteiger partial charge in [0.25, 0.3) is 0 Å². The Morgan fingerprint density at radius 3 is 1.58 bits per heavy atom. The molecule has 138 valence electrons. The Morgan fingerprint density at radius 1 is 0.846 bits per heavy atom. The molecule has 2 aromatic rings. The zero-order valence-corrected chi connectivity index (χ0v) is 17.0. The normalized spacial score (nSPS) is 13.0. The summed E-state index contributed by atoms with van der Waals surface area (Å²) in [6.45, 7) is 14.1. The van der Waals surface area contributed by atoms with Gasteiger partial charge in [-0.3, -0.25) is 0 Å². The number of rotatable bonds is 5. The fraction of sp³-hybridized carbons (Fsp3) is 0.375. The Kier molecular flexibility index (Phi) is 6.42. The maximum Gasteiger partial charge on any atom is 0.333 e. The molecule has 0 aliphatic heterocycles. The standard InChI is InChI=1S/C24H30O2/c1-8-19(6)24(25)26-20(7)23(21-11-15(2)9-16(3)12-21)22-13-17(4)10-18(5)14-22/h8-14,20,23H,1-7H3. The van der Waals surface area contributed by atoms with Gasteiger partial charge in [-0.1, -0.05) is 64.7 Å². The second-order valence-electron chi connectivity index (χ2n) is 7.40. The fourth-order valence-electron chi connectivity index (χ4n) is 3.56. The average molecular weight is 351 g/mol. The van der Waals surface area contributed by atoms with Gasteiger partial charge in [0.15, 0.2) is 0 Å². The molecule has 1 atom stereocenters. The van der Waals surface area contributed by atoms with E-state index in [-0.39, 0.29) is 18.0 Å². The van der Waals surface area contributed by atoms with Crippen LogP contribution in [0.1, 0.15) is 60.1 Å². The van der Waals surface area contributed by atoms with Crippen molar-refractivity contribution in [1.29, 1.82) is 0 Å². The number of carbonyl (C=O) groups excluding carboxylic acids is 1. The minimum Gasteiger partial charge on any atom is -0.458 e. The molecule has 1 unspecified atom stereocenters. The van der Waals surface area contributed by atoms with Gasteiger partial charge in [-0.2, -0.15) is 0 Å². The van der Waals surface area contributed by atoms with E-state index in [1.807, 2.05) is 13.8 Å². The van der Waals surface area contributed by atoms with Crippen LogP contribution in [0.4, 0.5) is 0 Å². The summed E-state index contributed by atoms with van der Waals surface area (Å²) in [6, 6.07) is 13.1. The zero-order valence-electron chi connectivity index (χ0n) is 17.0. The van der Waals surface area contributed by atoms with Gasteiger partial charge >= 0.3 is 5.97 Å². The van der Waals surface area contributed by atoms with Gasteiger partial charge in [-0.05, 0) is 59.6 Å². The summed E-state index contributed by atoms with van der Waals surface area (Å²) in [4.78, 5) is 12.3. The third-order valence-electron chi connectivity index (χ3n) is 4.72. The van der Waals surface area contributed by atoms with Gasteiger partial charge in [-0.25, -0.2) is 4.79 Å². The first-order chi connectivity index (χ1) is 12.2. The van der Waals surface area contributed by atoms with E-state index in [2.05, 4.69) is 64.1 Å². The van der Waals surface area contributed by atoms with E-state index in [4.69, 9.17) is 4.74 Å². The Labute approximate surface area is 157 Å². The van der Waals surface area contributed by atoms with Crippen molar-refractivity contribution < 1.29 is 9.53 Å². The molecule has 0 aliphatic carbocycles. The van der Waals surface area contributed by atoms with Crippen LogP contribution in [0.25, 0.3) is 0 Å². The van der Waals surface area contributed by atoms with Crippen molar-refractivity contribution in [2.75, 3.05) is 0 Å². The number of esters is 1. The quantitative estimate of drug-likeness (QED) is 0.492. The molecule has 2 nitrogen and oxygen atoms in total. The van der Waals surface area contributed by atoms with Crippen LogP contribution in [-0.2, 0) is 9.53 Å². The molecule has 2 aromatic carbocycles. The molecule has 26 heavy (non-hydrogen) atoms. The van der Waals surface area contributed by atoms with E-state index in [1.54, 1.807) is 13.0 Å². The van der Waals surface area contributed by atoms with Crippen LogP contribution in [0.5, 0.6) is 0 Å². The molecule has 0 saturated carbocycles. The maximum absolute atomic E-state index is 12.3. The molecule has 0 aromatic heterocycles. The molecule has 0 bridgehead atoms. The minimum atomic E-state index is -0.264. The molecular formula is C24H30O2. The van der Waals surface area contributed by atoms with Crippen LogP contribution in [0.15, 0.2) is 48.0 Å². The minimum absolute atomic E-state index is 0.000746. The predicted molar refractivity (Wildman–Crippen MR) is 109 cm³/mol. The van der Waals surface area contributed by atoms with Crippen molar-refractivity contribution in [2.24, 2.45) is 0 Å². The van der Waals surface area contributed by atoms with Gasteiger partial charge in [0.1, 0.15) is 6.10 Å². The van der Waals surface area contributed by atoms with Crippen LogP contribution in [-0.4, -0.2) is 12.1 Å². The highest BCUT2D eigenvalue weighted by molar-refractivity contribution is 5.87. The lowest BCUT2D eigenvalue weighted by atomic mass is 9.84. The Morgan fingerprint density at radius 2 is 1.23 bits per heavy atom. The van der Waals surface area contributed by atoms with E-state index < -0.39 is 0 Å². The fourth-order valence-corrected chi connectivity index (χ4v) is 3.56. The van der Waals surface area contributed by atoms with Gasteiger partial charge in [-0.15, -0.1) is 0 Å². The van der Waals surface area contributed by atoms with Crippen LogP contribution >= 0.6 is 0 Å². The first-order valence-corrected chi connectivity index (χ1v) is 9.21. The van der Waals surface area contributed by atoms with Crippen molar-refractivity contribution in [3.05, 3.63) is 81.4 Å². The monoisotopic (exact) mass is 350 g/mol. The molecular weight excluding hydrogens is 320 g/mol. The number of ether oxygens (including phenoxy) is 1. The van der Waals surface area contributed by atoms with Crippen LogP contribution in [0.2, 0.25) is 0 Å². The van der Waals surface area contributed by atoms with Crippen molar-refractivity contribution >= 4 is 5.97 Å². The predicted octanol–water partition coefficient (Wildman–Crippen LogP) is 5.95. The van der Waals surface area contributed by atoms with E-state index in [0.717, 1.165) is 0 Å². The maximum atomic E-state index is 12.3. The van der Waals surface area contributed by atoms with E-state index in [9.17, 15) is 4.79 Å². The van der Waals surface area contributed by atoms with E-state index in [0.29, 0.717) is 5.57 Å². The van der Waals surface area contributed by atoms with Crippen LogP contribution < -0.4 is 0 Å². The molecule has 0 saturated heterocycles. The van der Waals surface area contributed by atoms with Crippen molar-refractivity contribution in [3.63, 3.8) is 0 Å². The van der Waals surface area contributed by atoms with Crippen molar-refractivity contribution in [1.82, 2.24) is 0 Å². The number of carbonyl (C=O) groups is 1. The zero-order chi connectivity index (χ0) is 19.4. The first kappa shape index (κ1) is 20.0. The molecule has 0 N–H and O–H groups in total. The highest BCUT2D eigenvalue weighted by atomic mass is 16.5. The number of hydrogen-bond acceptors (Lipinski definition) is 2. The van der Waals surface area contributed by atoms with Crippen LogP contribution in [0.3, 0.4) is 0 Å². The molecule has 0 fully saturated rings. The smallest absolute Gasteiger partial charge is 0.333 e. The third kappa shape index (κ3) is 4.85. The van der Waals surface area contributed by atoms with Gasteiger partial charge in [0, 0.05) is 11.5 Å². The SMILES string of the molecule is CC=C(C)C(=O)OC(C)C(c1cc(C)cc(C)c1)c1cc(C)cc(C)c1. The summed E-state index contributed by atoms with van der Waals surface area (Å²) >= 11 is 0. The summed E-state index contributed by atoms with van der Waals surface area (Å²) < 4.78 is 5.83. The summed E-state index contributed by atoms with van der Waals surface area (Å²) in [5, 5.41) is 0. The lowest BCUT2D eigenvalue weighted by molar-refractivity contribution is -0.144. The molecule has 2 rings (SSSR count). The largest absolute Gasteiger partial charge is 0.458 e. The van der Waals surface area contributed by atoms with Crippen LogP contribution in [0, 0.1) is 27.7 Å². The number of aryl methyl sites for hydroxylation is 4. The van der Waals surface area contributed by atoms with Gasteiger partial charge in [0.05, 0.1) is 0 Å². The number of allylic oxidation sites excluding steroid dienone is 1. The van der Waals surface area contributed by atoms with Crippen molar-refractivity contribution in [2.45, 2.75) is 60.5 Å². The first-order valence-electron chi connectivity index (χ1n) is 9.21. The number of benzene rings is 2. The third-order valence-corrected chi connectivity index (χ3v) is 4.72. The second-order valence-corrected chi connectivity index (χ2v) is 7.40. The molecule has 0 aliphatic rings. The van der Waals surface area contributed by atoms with Crippen molar-refractivity contribution in [3.8, 4) is 0 Å². The number of hydrogen-bond donors (Lipinski definition) is 0. The van der Waals surface area contributed by atoms with E-state index >= 15 is 0 Å². The average Bonchev–Trinajstić information content (AvgIpc) is 2.52. The summed E-state index contributed by atoms with van der Waals surface area (Å²) in [5.74, 6) is -0.250. The van der Waals surface area contributed by atoms with Gasteiger partial charge in [0.2, 0.25) is 0 Å². The lowest BCUT2D eigenvalue weighted by Gasteiger charge is -2.26. The highest BCUT2D eigenvalue weighted by Crippen LogP contribution is 2.32. The summed E-state index contributed by atoms with van der Waals surface area (Å²) in [6.07, 6.45) is 1.53.